The van der Waals surface area contributed by atoms with Crippen molar-refractivity contribution in [2.75, 3.05) is 0 Å². The number of aromatic nitrogens is 3. The maximum Gasteiger partial charge on any atom is 0.226 e. The monoisotopic (exact) mass is 462 g/mol. The SMILES string of the molecule is Cc1cccc(-n2nc(C)c(CCC(=O)NCc3cccnc3)c2Oc2ccc(F)cc2F)c1. The molecule has 2 aromatic heterocycles. The fourth-order valence-corrected chi connectivity index (χ4v) is 3.56. The van der Waals surface area contributed by atoms with Gasteiger partial charge in [-0.1, -0.05) is 18.2 Å². The number of hydrogen-bond donors (Lipinski definition) is 1. The maximum absolute atomic E-state index is 14.4. The second-order valence-corrected chi connectivity index (χ2v) is 7.93. The topological polar surface area (TPSA) is 69.0 Å². The van der Waals surface area contributed by atoms with Crippen molar-refractivity contribution in [1.82, 2.24) is 20.1 Å². The second kappa shape index (κ2) is 10.2. The number of benzene rings is 2. The summed E-state index contributed by atoms with van der Waals surface area (Å²) in [5.74, 6) is -1.51. The molecule has 1 N–H and O–H groups in total. The van der Waals surface area contributed by atoms with E-state index in [1.807, 2.05) is 50.2 Å². The van der Waals surface area contributed by atoms with Gasteiger partial charge < -0.3 is 10.1 Å². The summed E-state index contributed by atoms with van der Waals surface area (Å²) in [5, 5.41) is 7.46. The number of aryl methyl sites for hydroxylation is 2. The molecule has 0 saturated carbocycles. The summed E-state index contributed by atoms with van der Waals surface area (Å²) in [6.45, 7) is 4.13. The lowest BCUT2D eigenvalue weighted by Gasteiger charge is -2.12. The molecule has 0 atom stereocenters. The van der Waals surface area contributed by atoms with Crippen molar-refractivity contribution in [2.24, 2.45) is 0 Å². The first kappa shape index (κ1) is 23.1. The molecule has 0 aliphatic heterocycles. The van der Waals surface area contributed by atoms with Gasteiger partial charge in [-0.25, -0.2) is 13.5 Å². The van der Waals surface area contributed by atoms with Crippen molar-refractivity contribution >= 4 is 5.91 Å². The molecule has 174 valence electrons. The van der Waals surface area contributed by atoms with Gasteiger partial charge in [-0.3, -0.25) is 9.78 Å². The lowest BCUT2D eigenvalue weighted by molar-refractivity contribution is -0.121. The largest absolute Gasteiger partial charge is 0.436 e. The Bertz CT molecular complexity index is 1310. The summed E-state index contributed by atoms with van der Waals surface area (Å²) in [5.41, 5.74) is 3.96. The molecule has 2 aromatic carbocycles. The quantitative estimate of drug-likeness (QED) is 0.391. The highest BCUT2D eigenvalue weighted by molar-refractivity contribution is 5.76. The fourth-order valence-electron chi connectivity index (χ4n) is 3.56. The van der Waals surface area contributed by atoms with E-state index in [1.165, 1.54) is 6.07 Å². The van der Waals surface area contributed by atoms with E-state index in [9.17, 15) is 13.6 Å². The number of nitrogens with one attached hydrogen (secondary N) is 1. The average molecular weight is 463 g/mol. The Balaban J connectivity index is 1.60. The van der Waals surface area contributed by atoms with Crippen LogP contribution in [0.5, 0.6) is 11.6 Å². The van der Waals surface area contributed by atoms with Crippen molar-refractivity contribution < 1.29 is 18.3 Å². The molecule has 0 fully saturated rings. The average Bonchev–Trinajstić information content (AvgIpc) is 3.13. The van der Waals surface area contributed by atoms with Crippen LogP contribution < -0.4 is 10.1 Å². The van der Waals surface area contributed by atoms with Gasteiger partial charge >= 0.3 is 0 Å². The van der Waals surface area contributed by atoms with E-state index in [4.69, 9.17) is 4.74 Å². The molecule has 4 rings (SSSR count). The Morgan fingerprint density at radius 1 is 1.09 bits per heavy atom. The zero-order chi connectivity index (χ0) is 24.1. The molecule has 0 unspecified atom stereocenters. The van der Waals surface area contributed by atoms with Gasteiger partial charge in [0.1, 0.15) is 5.82 Å². The minimum atomic E-state index is -0.824. The summed E-state index contributed by atoms with van der Waals surface area (Å²) in [6, 6.07) is 14.4. The molecule has 0 radical (unpaired) electrons. The number of pyridine rings is 1. The summed E-state index contributed by atoms with van der Waals surface area (Å²) < 4.78 is 35.3. The van der Waals surface area contributed by atoms with Crippen molar-refractivity contribution in [3.05, 3.63) is 101 Å². The van der Waals surface area contributed by atoms with Crippen molar-refractivity contribution in [3.8, 4) is 17.3 Å². The number of hydrogen-bond acceptors (Lipinski definition) is 4. The first-order valence-electron chi connectivity index (χ1n) is 10.8. The smallest absolute Gasteiger partial charge is 0.226 e. The lowest BCUT2D eigenvalue weighted by atomic mass is 10.1. The summed E-state index contributed by atoms with van der Waals surface area (Å²) in [6.07, 6.45) is 3.88. The first-order valence-corrected chi connectivity index (χ1v) is 10.8. The van der Waals surface area contributed by atoms with E-state index in [1.54, 1.807) is 17.1 Å². The highest BCUT2D eigenvalue weighted by Gasteiger charge is 2.21. The molecule has 0 saturated heterocycles. The van der Waals surface area contributed by atoms with Gasteiger partial charge in [-0.2, -0.15) is 5.10 Å². The number of carbonyl (C=O) groups is 1. The molecule has 2 heterocycles. The summed E-state index contributed by atoms with van der Waals surface area (Å²) in [4.78, 5) is 16.5. The molecule has 34 heavy (non-hydrogen) atoms. The fraction of sp³-hybridized carbons (Fsp3) is 0.192. The summed E-state index contributed by atoms with van der Waals surface area (Å²) >= 11 is 0. The van der Waals surface area contributed by atoms with E-state index in [-0.39, 0.29) is 24.0 Å². The third kappa shape index (κ3) is 5.46. The van der Waals surface area contributed by atoms with Crippen LogP contribution in [0.25, 0.3) is 5.69 Å². The standard InChI is InChI=1S/C26H24F2N4O2/c1-17-5-3-7-21(13-17)32-26(34-24-10-8-20(27)14-23(24)28)22(18(2)31-32)9-11-25(33)30-16-19-6-4-12-29-15-19/h3-8,10,12-15H,9,11,16H2,1-2H3,(H,30,33). The minimum absolute atomic E-state index is 0.127. The first-order chi connectivity index (χ1) is 16.4. The predicted octanol–water partition coefficient (Wildman–Crippen LogP) is 5.20. The Morgan fingerprint density at radius 2 is 1.94 bits per heavy atom. The maximum atomic E-state index is 14.4. The molecule has 6 nitrogen and oxygen atoms in total. The Morgan fingerprint density at radius 3 is 2.68 bits per heavy atom. The molecule has 1 amide bonds. The van der Waals surface area contributed by atoms with Gasteiger partial charge in [-0.05, 0) is 61.7 Å². The molecule has 4 aromatic rings. The molecule has 0 bridgehead atoms. The highest BCUT2D eigenvalue weighted by Crippen LogP contribution is 2.33. The molecule has 0 aliphatic carbocycles. The number of rotatable bonds is 8. The lowest BCUT2D eigenvalue weighted by Crippen LogP contribution is -2.23. The Labute approximate surface area is 196 Å². The van der Waals surface area contributed by atoms with Crippen molar-refractivity contribution in [3.63, 3.8) is 0 Å². The minimum Gasteiger partial charge on any atom is -0.436 e. The van der Waals surface area contributed by atoms with E-state index in [0.717, 1.165) is 28.9 Å². The zero-order valence-electron chi connectivity index (χ0n) is 18.9. The molecular formula is C26H24F2N4O2. The van der Waals surface area contributed by atoms with Gasteiger partial charge in [0.05, 0.1) is 11.4 Å². The van der Waals surface area contributed by atoms with Crippen molar-refractivity contribution in [2.45, 2.75) is 33.2 Å². The van der Waals surface area contributed by atoms with Gasteiger partial charge in [0.25, 0.3) is 0 Å². The van der Waals surface area contributed by atoms with E-state index < -0.39 is 11.6 Å². The zero-order valence-corrected chi connectivity index (χ0v) is 18.9. The summed E-state index contributed by atoms with van der Waals surface area (Å²) in [7, 11) is 0. The second-order valence-electron chi connectivity index (χ2n) is 7.93. The third-order valence-electron chi connectivity index (χ3n) is 5.30. The normalized spacial score (nSPS) is 10.8. The van der Waals surface area contributed by atoms with Crippen LogP contribution in [0, 0.1) is 25.5 Å². The van der Waals surface area contributed by atoms with Gasteiger partial charge in [0, 0.05) is 37.0 Å². The number of amides is 1. The van der Waals surface area contributed by atoms with E-state index in [0.29, 0.717) is 24.2 Å². The van der Waals surface area contributed by atoms with E-state index >= 15 is 0 Å². The van der Waals surface area contributed by atoms with Crippen LogP contribution in [-0.4, -0.2) is 20.7 Å². The molecular weight excluding hydrogens is 438 g/mol. The van der Waals surface area contributed by atoms with Crippen LogP contribution in [0.2, 0.25) is 0 Å². The Kier molecular flexibility index (Phi) is 6.96. The van der Waals surface area contributed by atoms with Gasteiger partial charge in [0.2, 0.25) is 11.8 Å². The van der Waals surface area contributed by atoms with Crippen LogP contribution >= 0.6 is 0 Å². The number of nitrogens with zero attached hydrogens (tertiary/aromatic N) is 3. The van der Waals surface area contributed by atoms with Gasteiger partial charge in [-0.15, -0.1) is 0 Å². The van der Waals surface area contributed by atoms with Crippen LogP contribution in [-0.2, 0) is 17.8 Å². The van der Waals surface area contributed by atoms with E-state index in [2.05, 4.69) is 15.4 Å². The molecule has 8 heteroatoms. The van der Waals surface area contributed by atoms with Crippen LogP contribution in [0.1, 0.15) is 28.8 Å². The Hall–Kier alpha value is -4.07. The van der Waals surface area contributed by atoms with Crippen molar-refractivity contribution in [1.29, 1.82) is 0 Å². The number of halogens is 2. The molecule has 0 aliphatic rings. The third-order valence-corrected chi connectivity index (χ3v) is 5.30. The molecule has 0 spiro atoms. The predicted molar refractivity (Wildman–Crippen MR) is 124 cm³/mol. The van der Waals surface area contributed by atoms with Crippen LogP contribution in [0.15, 0.2) is 67.0 Å². The number of ether oxygens (including phenoxy) is 1. The van der Waals surface area contributed by atoms with Crippen LogP contribution in [0.3, 0.4) is 0 Å². The number of carbonyl (C=O) groups excluding carboxylic acids is 1. The highest BCUT2D eigenvalue weighted by atomic mass is 19.1. The van der Waals surface area contributed by atoms with Gasteiger partial charge in [0.15, 0.2) is 11.6 Å². The van der Waals surface area contributed by atoms with Crippen LogP contribution in [0.4, 0.5) is 8.78 Å².